The van der Waals surface area contributed by atoms with Crippen molar-refractivity contribution in [3.8, 4) is 0 Å². The van der Waals surface area contributed by atoms with Crippen LogP contribution in [0, 0.1) is 0 Å². The Morgan fingerprint density at radius 1 is 1.25 bits per heavy atom. The molecule has 0 fully saturated rings. The molecule has 0 aliphatic heterocycles. The lowest BCUT2D eigenvalue weighted by Gasteiger charge is -2.25. The van der Waals surface area contributed by atoms with Crippen LogP contribution < -0.4 is 11.1 Å². The number of amides is 1. The smallest absolute Gasteiger partial charge is 0.236 e. The maximum atomic E-state index is 11.9. The summed E-state index contributed by atoms with van der Waals surface area (Å²) in [4.78, 5) is 14.1. The Morgan fingerprint density at radius 3 is 2.46 bits per heavy atom. The Bertz CT molecular complexity index is 605. The standard InChI is InChI=1S/C17H29N3O3S/c1-14(20(2)13-15-7-5-4-6-8-15)9-11-19-17(21)16(18)10-12-24(3,22)23/h4-8,14,16H,9-13,18H2,1-3H3,(H,19,21). The van der Waals surface area contributed by atoms with Crippen molar-refractivity contribution in [1.82, 2.24) is 10.2 Å². The second kappa shape index (κ2) is 9.76. The molecule has 6 nitrogen and oxygen atoms in total. The van der Waals surface area contributed by atoms with Gasteiger partial charge in [-0.15, -0.1) is 0 Å². The van der Waals surface area contributed by atoms with Crippen molar-refractivity contribution in [3.63, 3.8) is 0 Å². The minimum atomic E-state index is -3.09. The average Bonchev–Trinajstić information content (AvgIpc) is 2.52. The van der Waals surface area contributed by atoms with Crippen LogP contribution in [0.5, 0.6) is 0 Å². The Balaban J connectivity index is 2.28. The summed E-state index contributed by atoms with van der Waals surface area (Å²) >= 11 is 0. The number of nitrogens with one attached hydrogen (secondary N) is 1. The van der Waals surface area contributed by atoms with Crippen molar-refractivity contribution in [1.29, 1.82) is 0 Å². The van der Waals surface area contributed by atoms with Crippen LogP contribution in [0.3, 0.4) is 0 Å². The molecule has 0 heterocycles. The van der Waals surface area contributed by atoms with Crippen LogP contribution >= 0.6 is 0 Å². The first-order valence-electron chi connectivity index (χ1n) is 8.14. The monoisotopic (exact) mass is 355 g/mol. The number of nitrogens with two attached hydrogens (primary N) is 1. The van der Waals surface area contributed by atoms with E-state index in [0.29, 0.717) is 12.6 Å². The van der Waals surface area contributed by atoms with Gasteiger partial charge in [-0.3, -0.25) is 9.69 Å². The lowest BCUT2D eigenvalue weighted by Crippen LogP contribution is -2.43. The van der Waals surface area contributed by atoms with E-state index in [4.69, 9.17) is 5.73 Å². The van der Waals surface area contributed by atoms with E-state index in [2.05, 4.69) is 36.3 Å². The van der Waals surface area contributed by atoms with E-state index in [-0.39, 0.29) is 18.1 Å². The number of benzene rings is 1. The molecule has 3 N–H and O–H groups in total. The van der Waals surface area contributed by atoms with Gasteiger partial charge in [-0.1, -0.05) is 30.3 Å². The van der Waals surface area contributed by atoms with Crippen molar-refractivity contribution >= 4 is 15.7 Å². The number of sulfone groups is 1. The van der Waals surface area contributed by atoms with Crippen LogP contribution in [0.2, 0.25) is 0 Å². The number of carbonyl (C=O) groups is 1. The summed E-state index contributed by atoms with van der Waals surface area (Å²) in [6.45, 7) is 3.48. The summed E-state index contributed by atoms with van der Waals surface area (Å²) in [5.74, 6) is -0.366. The molecular formula is C17H29N3O3S. The first kappa shape index (κ1) is 20.6. The number of hydrogen-bond donors (Lipinski definition) is 2. The fourth-order valence-electron chi connectivity index (χ4n) is 2.26. The highest BCUT2D eigenvalue weighted by Gasteiger charge is 2.16. The number of nitrogens with zero attached hydrogens (tertiary/aromatic N) is 1. The van der Waals surface area contributed by atoms with Gasteiger partial charge in [-0.05, 0) is 32.4 Å². The molecule has 2 unspecified atom stereocenters. The molecule has 0 saturated heterocycles. The van der Waals surface area contributed by atoms with Gasteiger partial charge in [-0.2, -0.15) is 0 Å². The molecule has 1 aromatic carbocycles. The van der Waals surface area contributed by atoms with Crippen molar-refractivity contribution in [2.45, 2.75) is 38.4 Å². The molecule has 1 aromatic rings. The summed E-state index contributed by atoms with van der Waals surface area (Å²) in [5.41, 5.74) is 6.97. The van der Waals surface area contributed by atoms with Crippen molar-refractivity contribution in [2.75, 3.05) is 25.6 Å². The quantitative estimate of drug-likeness (QED) is 0.647. The summed E-state index contributed by atoms with van der Waals surface area (Å²) < 4.78 is 22.2. The van der Waals surface area contributed by atoms with Crippen LogP contribution in [0.1, 0.15) is 25.3 Å². The third-order valence-corrected chi connectivity index (χ3v) is 5.00. The molecule has 0 spiro atoms. The lowest BCUT2D eigenvalue weighted by molar-refractivity contribution is -0.122. The van der Waals surface area contributed by atoms with E-state index >= 15 is 0 Å². The molecule has 2 atom stereocenters. The molecule has 0 aromatic heterocycles. The van der Waals surface area contributed by atoms with Crippen LogP contribution in [-0.4, -0.2) is 56.9 Å². The minimum absolute atomic E-state index is 0.0716. The zero-order valence-corrected chi connectivity index (χ0v) is 15.6. The largest absolute Gasteiger partial charge is 0.355 e. The van der Waals surface area contributed by atoms with E-state index in [1.807, 2.05) is 18.2 Å². The SMILES string of the molecule is CC(CCNC(=O)C(N)CCS(C)(=O)=O)N(C)Cc1ccccc1. The van der Waals surface area contributed by atoms with Gasteiger partial charge in [0.25, 0.3) is 0 Å². The van der Waals surface area contributed by atoms with E-state index < -0.39 is 15.9 Å². The van der Waals surface area contributed by atoms with Gasteiger partial charge < -0.3 is 11.1 Å². The van der Waals surface area contributed by atoms with Crippen LogP contribution in [0.15, 0.2) is 30.3 Å². The Kier molecular flexibility index (Phi) is 8.38. The zero-order valence-electron chi connectivity index (χ0n) is 14.7. The molecule has 136 valence electrons. The van der Waals surface area contributed by atoms with Crippen LogP contribution in [0.4, 0.5) is 0 Å². The molecule has 0 aliphatic carbocycles. The van der Waals surface area contributed by atoms with E-state index in [1.165, 1.54) is 5.56 Å². The highest BCUT2D eigenvalue weighted by molar-refractivity contribution is 7.90. The summed E-state index contributed by atoms with van der Waals surface area (Å²) in [6.07, 6.45) is 2.09. The van der Waals surface area contributed by atoms with E-state index in [9.17, 15) is 13.2 Å². The third kappa shape index (κ3) is 8.42. The van der Waals surface area contributed by atoms with Gasteiger partial charge in [0.15, 0.2) is 0 Å². The molecule has 0 bridgehead atoms. The Hall–Kier alpha value is -1.44. The van der Waals surface area contributed by atoms with Crippen molar-refractivity contribution < 1.29 is 13.2 Å². The maximum Gasteiger partial charge on any atom is 0.236 e. The number of carbonyl (C=O) groups excluding carboxylic acids is 1. The Labute approximate surface area is 145 Å². The first-order valence-corrected chi connectivity index (χ1v) is 10.2. The molecular weight excluding hydrogens is 326 g/mol. The minimum Gasteiger partial charge on any atom is -0.355 e. The van der Waals surface area contributed by atoms with Gasteiger partial charge in [0, 0.05) is 25.4 Å². The summed E-state index contributed by atoms with van der Waals surface area (Å²) in [6, 6.07) is 9.74. The lowest BCUT2D eigenvalue weighted by atomic mass is 10.1. The van der Waals surface area contributed by atoms with Gasteiger partial charge in [0.05, 0.1) is 11.8 Å². The fourth-order valence-corrected chi connectivity index (χ4v) is 2.94. The maximum absolute atomic E-state index is 11.9. The topological polar surface area (TPSA) is 92.5 Å². The van der Waals surface area contributed by atoms with Gasteiger partial charge in [0.2, 0.25) is 5.91 Å². The molecule has 0 radical (unpaired) electrons. The van der Waals surface area contributed by atoms with Gasteiger partial charge in [0.1, 0.15) is 9.84 Å². The molecule has 1 rings (SSSR count). The van der Waals surface area contributed by atoms with E-state index in [1.54, 1.807) is 0 Å². The van der Waals surface area contributed by atoms with E-state index in [0.717, 1.165) is 19.2 Å². The molecule has 0 saturated carbocycles. The second-order valence-corrected chi connectivity index (χ2v) is 8.61. The summed E-state index contributed by atoms with van der Waals surface area (Å²) in [5, 5.41) is 2.78. The van der Waals surface area contributed by atoms with Crippen molar-refractivity contribution in [3.05, 3.63) is 35.9 Å². The van der Waals surface area contributed by atoms with Gasteiger partial charge >= 0.3 is 0 Å². The molecule has 0 aliphatic rings. The predicted molar refractivity (Wildman–Crippen MR) is 97.3 cm³/mol. The highest BCUT2D eigenvalue weighted by Crippen LogP contribution is 2.08. The Morgan fingerprint density at radius 2 is 1.88 bits per heavy atom. The zero-order chi connectivity index (χ0) is 18.2. The van der Waals surface area contributed by atoms with Crippen molar-refractivity contribution in [2.24, 2.45) is 5.73 Å². The second-order valence-electron chi connectivity index (χ2n) is 6.35. The van der Waals surface area contributed by atoms with Crippen LogP contribution in [-0.2, 0) is 21.2 Å². The van der Waals surface area contributed by atoms with Gasteiger partial charge in [-0.25, -0.2) is 8.42 Å². The normalized spacial score (nSPS) is 14.4. The first-order chi connectivity index (χ1) is 11.2. The average molecular weight is 356 g/mol. The predicted octanol–water partition coefficient (Wildman–Crippen LogP) is 0.775. The third-order valence-electron chi connectivity index (χ3n) is 4.03. The number of hydrogen-bond acceptors (Lipinski definition) is 5. The molecule has 7 heteroatoms. The summed E-state index contributed by atoms with van der Waals surface area (Å²) in [7, 11) is -1.04. The molecule has 24 heavy (non-hydrogen) atoms. The van der Waals surface area contributed by atoms with Crippen LogP contribution in [0.25, 0.3) is 0 Å². The number of rotatable bonds is 10. The highest BCUT2D eigenvalue weighted by atomic mass is 32.2. The molecule has 1 amide bonds. The fraction of sp³-hybridized carbons (Fsp3) is 0.588.